The number of rotatable bonds is 7. The molecule has 0 atom stereocenters. The highest BCUT2D eigenvalue weighted by Gasteiger charge is 2.24. The van der Waals surface area contributed by atoms with Gasteiger partial charge in [0.15, 0.2) is 0 Å². The van der Waals surface area contributed by atoms with Gasteiger partial charge in [-0.25, -0.2) is 0 Å². The third-order valence-electron chi connectivity index (χ3n) is 3.73. The number of carbonyl (C=O) groups excluding carboxylic acids is 2. The Bertz CT molecular complexity index is 719. The monoisotopic (exact) mass is 376 g/mol. The summed E-state index contributed by atoms with van der Waals surface area (Å²) in [5.74, 6) is 2.21. The molecule has 132 valence electrons. The van der Waals surface area contributed by atoms with Crippen molar-refractivity contribution in [2.24, 2.45) is 0 Å². The van der Waals surface area contributed by atoms with Crippen LogP contribution in [0.1, 0.15) is 11.3 Å². The van der Waals surface area contributed by atoms with Crippen molar-refractivity contribution in [3.05, 3.63) is 46.7 Å². The van der Waals surface area contributed by atoms with Crippen molar-refractivity contribution in [3.63, 3.8) is 0 Å². The third-order valence-corrected chi connectivity index (χ3v) is 5.79. The summed E-state index contributed by atoms with van der Waals surface area (Å²) in [4.78, 5) is 27.3. The molecule has 0 saturated heterocycles. The van der Waals surface area contributed by atoms with Crippen molar-refractivity contribution in [2.45, 2.75) is 12.2 Å². The van der Waals surface area contributed by atoms with E-state index in [-0.39, 0.29) is 24.8 Å². The van der Waals surface area contributed by atoms with Crippen LogP contribution in [0.15, 0.2) is 41.8 Å². The van der Waals surface area contributed by atoms with Gasteiger partial charge in [0.25, 0.3) is 0 Å². The number of benzene rings is 1. The average Bonchev–Trinajstić information content (AvgIpc) is 3.08. The van der Waals surface area contributed by atoms with Gasteiger partial charge in [-0.15, -0.1) is 11.3 Å². The number of hydrogen-bond acceptors (Lipinski definition) is 5. The van der Waals surface area contributed by atoms with Crippen molar-refractivity contribution in [1.82, 2.24) is 5.32 Å². The zero-order chi connectivity index (χ0) is 17.5. The van der Waals surface area contributed by atoms with E-state index in [0.717, 1.165) is 11.5 Å². The summed E-state index contributed by atoms with van der Waals surface area (Å²) in [6.45, 7) is 0.956. The van der Waals surface area contributed by atoms with E-state index in [1.165, 1.54) is 9.78 Å². The van der Waals surface area contributed by atoms with Gasteiger partial charge in [-0.3, -0.25) is 14.5 Å². The van der Waals surface area contributed by atoms with Crippen LogP contribution in [0.4, 0.5) is 5.69 Å². The summed E-state index contributed by atoms with van der Waals surface area (Å²) in [5, 5.41) is 4.96. The molecule has 0 unspecified atom stereocenters. The molecule has 0 bridgehead atoms. The van der Waals surface area contributed by atoms with E-state index in [2.05, 4.69) is 16.8 Å². The number of nitrogens with one attached hydrogen (secondary N) is 1. The summed E-state index contributed by atoms with van der Waals surface area (Å²) in [7, 11) is 0. The van der Waals surface area contributed by atoms with Crippen molar-refractivity contribution >= 4 is 40.6 Å². The smallest absolute Gasteiger partial charge is 0.240 e. The molecule has 0 radical (unpaired) electrons. The normalized spacial score (nSPS) is 13.8. The molecule has 0 fully saturated rings. The highest BCUT2D eigenvalue weighted by molar-refractivity contribution is 7.98. The Morgan fingerprint density at radius 2 is 2.16 bits per heavy atom. The molecule has 1 aromatic heterocycles. The standard InChI is InChI=1S/C18H20N2O3S2/c21-17(19-8-11-24-13-14-4-3-10-25-14)12-20-15-5-1-2-6-16(15)23-9-7-18(20)22/h1-6,10H,7-9,11-13H2,(H,19,21). The second-order valence-electron chi connectivity index (χ2n) is 5.53. The summed E-state index contributed by atoms with van der Waals surface area (Å²) in [6, 6.07) is 11.5. The SMILES string of the molecule is O=C(CN1C(=O)CCOc2ccccc21)NCCSCc1cccs1. The molecular weight excluding hydrogens is 356 g/mol. The van der Waals surface area contributed by atoms with Crippen LogP contribution in [0.2, 0.25) is 0 Å². The van der Waals surface area contributed by atoms with E-state index >= 15 is 0 Å². The third kappa shape index (κ3) is 4.99. The number of thioether (sulfide) groups is 1. The van der Waals surface area contributed by atoms with E-state index in [0.29, 0.717) is 24.6 Å². The number of carbonyl (C=O) groups is 2. The minimum atomic E-state index is -0.151. The zero-order valence-electron chi connectivity index (χ0n) is 13.8. The van der Waals surface area contributed by atoms with Crippen LogP contribution in [-0.2, 0) is 15.3 Å². The van der Waals surface area contributed by atoms with Crippen molar-refractivity contribution in [2.75, 3.05) is 30.3 Å². The van der Waals surface area contributed by atoms with Crippen LogP contribution in [-0.4, -0.2) is 37.3 Å². The first-order chi connectivity index (χ1) is 12.2. The number of hydrogen-bond donors (Lipinski definition) is 1. The number of anilines is 1. The first-order valence-electron chi connectivity index (χ1n) is 8.13. The van der Waals surface area contributed by atoms with E-state index in [1.807, 2.05) is 30.3 Å². The van der Waals surface area contributed by atoms with Gasteiger partial charge in [-0.2, -0.15) is 11.8 Å². The molecule has 0 aliphatic carbocycles. The molecular formula is C18H20N2O3S2. The lowest BCUT2D eigenvalue weighted by molar-refractivity contribution is -0.123. The largest absolute Gasteiger partial charge is 0.491 e. The Kier molecular flexibility index (Phi) is 6.36. The first kappa shape index (κ1) is 17.8. The topological polar surface area (TPSA) is 58.6 Å². The number of thiophene rings is 1. The molecule has 2 aromatic rings. The lowest BCUT2D eigenvalue weighted by Crippen LogP contribution is -2.41. The molecule has 1 aliphatic heterocycles. The number of nitrogens with zero attached hydrogens (tertiary/aromatic N) is 1. The van der Waals surface area contributed by atoms with Crippen LogP contribution < -0.4 is 15.0 Å². The van der Waals surface area contributed by atoms with Gasteiger partial charge >= 0.3 is 0 Å². The Hall–Kier alpha value is -1.99. The highest BCUT2D eigenvalue weighted by atomic mass is 32.2. The van der Waals surface area contributed by atoms with Crippen LogP contribution in [0.3, 0.4) is 0 Å². The molecule has 3 rings (SSSR count). The summed E-state index contributed by atoms with van der Waals surface area (Å²) in [5.41, 5.74) is 0.659. The number of fused-ring (bicyclic) bond motifs is 1. The summed E-state index contributed by atoms with van der Waals surface area (Å²) in [6.07, 6.45) is 0.276. The fraction of sp³-hybridized carbons (Fsp3) is 0.333. The quantitative estimate of drug-likeness (QED) is 0.755. The van der Waals surface area contributed by atoms with Gasteiger partial charge in [0.1, 0.15) is 12.3 Å². The number of para-hydroxylation sites is 2. The lowest BCUT2D eigenvalue weighted by atomic mass is 10.2. The van der Waals surface area contributed by atoms with E-state index in [4.69, 9.17) is 4.74 Å². The van der Waals surface area contributed by atoms with Crippen molar-refractivity contribution in [1.29, 1.82) is 0 Å². The predicted molar refractivity (Wildman–Crippen MR) is 102 cm³/mol. The van der Waals surface area contributed by atoms with E-state index < -0.39 is 0 Å². The van der Waals surface area contributed by atoms with Gasteiger partial charge in [0.2, 0.25) is 11.8 Å². The first-order valence-corrected chi connectivity index (χ1v) is 10.2. The fourth-order valence-electron chi connectivity index (χ4n) is 2.52. The molecule has 5 nitrogen and oxygen atoms in total. The van der Waals surface area contributed by atoms with Crippen LogP contribution >= 0.6 is 23.1 Å². The highest BCUT2D eigenvalue weighted by Crippen LogP contribution is 2.30. The molecule has 0 spiro atoms. The average molecular weight is 377 g/mol. The minimum Gasteiger partial charge on any atom is -0.491 e. The Morgan fingerprint density at radius 3 is 3.00 bits per heavy atom. The maximum absolute atomic E-state index is 12.3. The molecule has 0 saturated carbocycles. The number of amides is 2. The Labute approximate surface area is 155 Å². The molecule has 25 heavy (non-hydrogen) atoms. The Balaban J connectivity index is 1.47. The van der Waals surface area contributed by atoms with Crippen molar-refractivity contribution in [3.8, 4) is 5.75 Å². The number of ether oxygens (including phenoxy) is 1. The Morgan fingerprint density at radius 1 is 1.28 bits per heavy atom. The second-order valence-corrected chi connectivity index (χ2v) is 7.67. The van der Waals surface area contributed by atoms with Crippen LogP contribution in [0.5, 0.6) is 5.75 Å². The molecule has 7 heteroatoms. The maximum Gasteiger partial charge on any atom is 0.240 e. The van der Waals surface area contributed by atoms with E-state index in [1.54, 1.807) is 23.1 Å². The predicted octanol–water partition coefficient (Wildman–Crippen LogP) is 2.91. The van der Waals surface area contributed by atoms with Crippen molar-refractivity contribution < 1.29 is 14.3 Å². The van der Waals surface area contributed by atoms with Crippen LogP contribution in [0.25, 0.3) is 0 Å². The van der Waals surface area contributed by atoms with Gasteiger partial charge in [0.05, 0.1) is 18.7 Å². The summed E-state index contributed by atoms with van der Waals surface area (Å²) < 4.78 is 5.58. The maximum atomic E-state index is 12.3. The fourth-order valence-corrected chi connectivity index (χ4v) is 4.22. The van der Waals surface area contributed by atoms with Gasteiger partial charge in [-0.05, 0) is 23.6 Å². The molecule has 1 N–H and O–H groups in total. The lowest BCUT2D eigenvalue weighted by Gasteiger charge is -2.21. The van der Waals surface area contributed by atoms with Crippen LogP contribution in [0, 0.1) is 0 Å². The van der Waals surface area contributed by atoms with E-state index in [9.17, 15) is 9.59 Å². The van der Waals surface area contributed by atoms with Gasteiger partial charge in [0, 0.05) is 22.9 Å². The van der Waals surface area contributed by atoms with Gasteiger partial charge in [-0.1, -0.05) is 18.2 Å². The minimum absolute atomic E-state index is 0.0226. The van der Waals surface area contributed by atoms with Gasteiger partial charge < -0.3 is 10.1 Å². The zero-order valence-corrected chi connectivity index (χ0v) is 15.4. The molecule has 2 amide bonds. The molecule has 2 heterocycles. The molecule has 1 aliphatic rings. The summed E-state index contributed by atoms with van der Waals surface area (Å²) >= 11 is 3.53. The second kappa shape index (κ2) is 8.92. The molecule has 1 aromatic carbocycles.